The number of nitrogen functional groups attached to an aromatic ring is 1. The molecular formula is C21H37N5O14. The monoisotopic (exact) mass is 583 g/mol. The van der Waals surface area contributed by atoms with Gasteiger partial charge in [0.1, 0.15) is 73.0 Å². The summed E-state index contributed by atoms with van der Waals surface area (Å²) in [4.78, 5) is 16.2. The normalized spacial score (nSPS) is 38.8. The fraction of sp³-hybridized carbons (Fsp3) is 0.810. The fourth-order valence-corrected chi connectivity index (χ4v) is 4.53. The van der Waals surface area contributed by atoms with Crippen LogP contribution < -0.4 is 22.9 Å². The number of rotatable bonds is 10. The van der Waals surface area contributed by atoms with E-state index >= 15 is 0 Å². The van der Waals surface area contributed by atoms with Gasteiger partial charge in [0, 0.05) is 6.20 Å². The van der Waals surface area contributed by atoms with Crippen LogP contribution in [-0.4, -0.2) is 159 Å². The van der Waals surface area contributed by atoms with Crippen LogP contribution >= 0.6 is 0 Å². The maximum atomic E-state index is 12.7. The molecule has 1 aromatic heterocycles. The first-order chi connectivity index (χ1) is 18.7. The van der Waals surface area contributed by atoms with Crippen LogP contribution in [0, 0.1) is 0 Å². The van der Waals surface area contributed by atoms with Crippen molar-refractivity contribution < 1.29 is 65.3 Å². The molecule has 0 radical (unpaired) electrons. The molecule has 19 heteroatoms. The summed E-state index contributed by atoms with van der Waals surface area (Å²) in [7, 11) is 0. The second-order valence-corrected chi connectivity index (χ2v) is 9.70. The van der Waals surface area contributed by atoms with Crippen molar-refractivity contribution in [2.45, 2.75) is 91.7 Å². The van der Waals surface area contributed by atoms with Crippen molar-refractivity contribution in [1.82, 2.24) is 9.55 Å². The van der Waals surface area contributed by atoms with Gasteiger partial charge >= 0.3 is 5.69 Å². The van der Waals surface area contributed by atoms with E-state index in [1.807, 2.05) is 0 Å². The van der Waals surface area contributed by atoms with Crippen LogP contribution in [0.3, 0.4) is 0 Å². The average molecular weight is 584 g/mol. The van der Waals surface area contributed by atoms with Gasteiger partial charge in [0.25, 0.3) is 0 Å². The zero-order valence-corrected chi connectivity index (χ0v) is 21.0. The summed E-state index contributed by atoms with van der Waals surface area (Å²) in [5, 5.41) is 101. The van der Waals surface area contributed by atoms with Gasteiger partial charge in [-0.3, -0.25) is 4.57 Å². The molecule has 19 nitrogen and oxygen atoms in total. The molecule has 2 aliphatic heterocycles. The van der Waals surface area contributed by atoms with E-state index in [1.54, 1.807) is 0 Å². The average Bonchev–Trinajstić information content (AvgIpc) is 2.93. The Hall–Kier alpha value is -1.92. The van der Waals surface area contributed by atoms with Gasteiger partial charge in [0.15, 0.2) is 12.5 Å². The fourth-order valence-electron chi connectivity index (χ4n) is 4.53. The van der Waals surface area contributed by atoms with E-state index in [0.717, 1.165) is 10.8 Å². The molecule has 0 spiro atoms. The molecule has 40 heavy (non-hydrogen) atoms. The van der Waals surface area contributed by atoms with Crippen molar-refractivity contribution >= 4 is 5.82 Å². The Morgan fingerprint density at radius 1 is 0.950 bits per heavy atom. The number of anilines is 1. The Balaban J connectivity index is 1.95. The first-order valence-electron chi connectivity index (χ1n) is 12.2. The van der Waals surface area contributed by atoms with E-state index in [4.69, 9.17) is 36.5 Å². The van der Waals surface area contributed by atoms with Gasteiger partial charge < -0.3 is 82.5 Å². The van der Waals surface area contributed by atoms with Gasteiger partial charge in [0.05, 0.1) is 25.3 Å². The molecule has 2 saturated heterocycles. The third-order valence-electron chi connectivity index (χ3n) is 7.01. The molecule has 0 amide bonds. The summed E-state index contributed by atoms with van der Waals surface area (Å²) in [6.07, 6.45) is -22.8. The number of aliphatic hydroxyl groups is 10. The highest BCUT2D eigenvalue weighted by Crippen LogP contribution is 2.34. The lowest BCUT2D eigenvalue weighted by Gasteiger charge is -2.48. The minimum Gasteiger partial charge on any atom is -0.394 e. The largest absolute Gasteiger partial charge is 0.394 e. The summed E-state index contributed by atoms with van der Waals surface area (Å²) in [6.45, 7) is -1.71. The molecule has 0 aliphatic carbocycles. The van der Waals surface area contributed by atoms with E-state index < -0.39 is 111 Å². The maximum absolute atomic E-state index is 12.7. The van der Waals surface area contributed by atoms with Gasteiger partial charge in [-0.25, -0.2) is 4.79 Å². The number of hydrogen-bond acceptors (Lipinski definition) is 18. The highest BCUT2D eigenvalue weighted by molar-refractivity contribution is 5.23. The van der Waals surface area contributed by atoms with Crippen LogP contribution in [0.5, 0.6) is 0 Å². The summed E-state index contributed by atoms with van der Waals surface area (Å²) in [5.74, 6) is -0.185. The lowest BCUT2D eigenvalue weighted by atomic mass is 9.87. The van der Waals surface area contributed by atoms with Crippen molar-refractivity contribution in [3.05, 3.63) is 22.7 Å². The van der Waals surface area contributed by atoms with Gasteiger partial charge in [-0.05, 0) is 6.07 Å². The minimum absolute atomic E-state index is 0.185. The maximum Gasteiger partial charge on any atom is 0.351 e. The summed E-state index contributed by atoms with van der Waals surface area (Å²) >= 11 is 0. The van der Waals surface area contributed by atoms with Crippen LogP contribution in [0.2, 0.25) is 0 Å². The van der Waals surface area contributed by atoms with Gasteiger partial charge in [0.2, 0.25) is 0 Å². The van der Waals surface area contributed by atoms with Crippen LogP contribution in [0.15, 0.2) is 17.1 Å². The van der Waals surface area contributed by atoms with Gasteiger partial charge in [-0.15, -0.1) is 0 Å². The first kappa shape index (κ1) is 32.6. The van der Waals surface area contributed by atoms with Crippen molar-refractivity contribution in [3.63, 3.8) is 0 Å². The van der Waals surface area contributed by atoms with E-state index in [2.05, 4.69) is 4.98 Å². The Morgan fingerprint density at radius 2 is 1.60 bits per heavy atom. The van der Waals surface area contributed by atoms with E-state index in [1.165, 1.54) is 6.07 Å². The number of aromatic nitrogens is 2. The van der Waals surface area contributed by atoms with E-state index in [9.17, 15) is 50.8 Å². The van der Waals surface area contributed by atoms with Crippen molar-refractivity contribution in [2.24, 2.45) is 11.5 Å². The highest BCUT2D eigenvalue weighted by atomic mass is 16.7. The number of aliphatic hydroxyl groups excluding tert-OH is 10. The second kappa shape index (κ2) is 13.4. The smallest absolute Gasteiger partial charge is 0.351 e. The van der Waals surface area contributed by atoms with Gasteiger partial charge in [-0.1, -0.05) is 0 Å². The zero-order valence-electron chi connectivity index (χ0n) is 21.0. The van der Waals surface area contributed by atoms with E-state index in [0.29, 0.717) is 0 Å². The standard InChI is InChI=1S/C21H37N5O14/c22-7-1-2-26(21(37)25-7)19-18(40-20-13(33)8(23)11(31)6(4-28)38-20)12(32)9(24)17(39-19)16(36)15(35)14(34)10(30)5(29)3-27/h1-2,5-6,8-20,27-36H,3-4,23-24H2,(H2,22,25,37). The summed E-state index contributed by atoms with van der Waals surface area (Å²) in [6, 6.07) is -1.82. The molecule has 0 aromatic carbocycles. The summed E-state index contributed by atoms with van der Waals surface area (Å²) < 4.78 is 17.6. The highest BCUT2D eigenvalue weighted by Gasteiger charge is 2.53. The molecule has 15 atom stereocenters. The molecule has 0 saturated carbocycles. The molecule has 3 rings (SSSR count). The van der Waals surface area contributed by atoms with Crippen LogP contribution in [-0.2, 0) is 14.2 Å². The summed E-state index contributed by atoms with van der Waals surface area (Å²) in [5.41, 5.74) is 16.4. The molecule has 230 valence electrons. The first-order valence-corrected chi connectivity index (χ1v) is 12.2. The van der Waals surface area contributed by atoms with Crippen LogP contribution in [0.1, 0.15) is 6.23 Å². The number of ether oxygens (including phenoxy) is 3. The Labute approximate surface area is 226 Å². The SMILES string of the molecule is Nc1ccn(C2OC(C(O)C(O)C(O)C(O)C(O)CO)C(N)C(O)C2OC2OC(CO)C(O)C(N)C2O)c(=O)n1. The third kappa shape index (κ3) is 6.43. The van der Waals surface area contributed by atoms with Crippen LogP contribution in [0.4, 0.5) is 5.82 Å². The molecule has 2 aliphatic rings. The van der Waals surface area contributed by atoms with Gasteiger partial charge in [-0.2, -0.15) is 4.98 Å². The molecule has 0 bridgehead atoms. The molecular weight excluding hydrogens is 546 g/mol. The Morgan fingerprint density at radius 3 is 2.17 bits per heavy atom. The lowest BCUT2D eigenvalue weighted by molar-refractivity contribution is -0.332. The molecule has 3 heterocycles. The molecule has 1 aromatic rings. The second-order valence-electron chi connectivity index (χ2n) is 9.70. The quantitative estimate of drug-likeness (QED) is 0.121. The number of hydrogen-bond donors (Lipinski definition) is 13. The van der Waals surface area contributed by atoms with Crippen molar-refractivity contribution in [3.8, 4) is 0 Å². The minimum atomic E-state index is -2.26. The predicted octanol–water partition coefficient (Wildman–Crippen LogP) is -8.64. The number of nitrogens with zero attached hydrogens (tertiary/aromatic N) is 2. The third-order valence-corrected chi connectivity index (χ3v) is 7.01. The van der Waals surface area contributed by atoms with Crippen molar-refractivity contribution in [2.75, 3.05) is 18.9 Å². The van der Waals surface area contributed by atoms with E-state index in [-0.39, 0.29) is 5.82 Å². The Kier molecular flexibility index (Phi) is 10.9. The van der Waals surface area contributed by atoms with Crippen molar-refractivity contribution in [1.29, 1.82) is 0 Å². The predicted molar refractivity (Wildman–Crippen MR) is 129 cm³/mol. The Bertz CT molecular complexity index is 1020. The lowest BCUT2D eigenvalue weighted by Crippen LogP contribution is -2.68. The topological polar surface area (TPSA) is 343 Å². The molecule has 16 N–H and O–H groups in total. The molecule has 2 fully saturated rings. The van der Waals surface area contributed by atoms with Crippen LogP contribution in [0.25, 0.3) is 0 Å². The number of nitrogens with two attached hydrogens (primary N) is 3. The molecule has 15 unspecified atom stereocenters. The zero-order chi connectivity index (χ0) is 30.0.